The number of hydrogen-bond acceptors (Lipinski definition) is 4. The lowest BCUT2D eigenvalue weighted by Crippen LogP contribution is -1.96. The quantitative estimate of drug-likeness (QED) is 0.795. The Morgan fingerprint density at radius 1 is 1.36 bits per heavy atom. The monoisotopic (exact) mass is 301 g/mol. The summed E-state index contributed by atoms with van der Waals surface area (Å²) in [7, 11) is 0. The molecule has 0 atom stereocenters. The molecule has 1 aromatic heterocycles. The summed E-state index contributed by atoms with van der Waals surface area (Å²) in [5, 5.41) is 8.97. The fourth-order valence-electron chi connectivity index (χ4n) is 2.12. The van der Waals surface area contributed by atoms with Gasteiger partial charge in [-0.05, 0) is 37.3 Å². The lowest BCUT2D eigenvalue weighted by atomic mass is 10.2. The van der Waals surface area contributed by atoms with Crippen molar-refractivity contribution < 1.29 is 23.4 Å². The van der Waals surface area contributed by atoms with Crippen LogP contribution in [0.3, 0.4) is 0 Å². The number of rotatable bonds is 4. The van der Waals surface area contributed by atoms with E-state index in [0.29, 0.717) is 12.1 Å². The van der Waals surface area contributed by atoms with Gasteiger partial charge in [0, 0.05) is 0 Å². The van der Waals surface area contributed by atoms with E-state index < -0.39 is 11.8 Å². The van der Waals surface area contributed by atoms with E-state index in [9.17, 15) is 9.18 Å². The highest BCUT2D eigenvalue weighted by molar-refractivity contribution is 5.92. The van der Waals surface area contributed by atoms with Crippen LogP contribution < -0.4 is 4.74 Å². The van der Waals surface area contributed by atoms with Crippen molar-refractivity contribution in [3.63, 3.8) is 0 Å². The molecule has 22 heavy (non-hydrogen) atoms. The number of fused-ring (bicyclic) bond motifs is 1. The molecule has 0 aliphatic rings. The number of aromatic carboxylic acids is 1. The molecule has 3 aromatic rings. The van der Waals surface area contributed by atoms with Gasteiger partial charge in [0.05, 0.1) is 17.7 Å². The van der Waals surface area contributed by atoms with Gasteiger partial charge in [-0.2, -0.15) is 0 Å². The molecule has 112 valence electrons. The van der Waals surface area contributed by atoms with Crippen LogP contribution in [0.1, 0.15) is 17.3 Å². The van der Waals surface area contributed by atoms with Crippen LogP contribution in [0.15, 0.2) is 40.8 Å². The van der Waals surface area contributed by atoms with E-state index in [1.54, 1.807) is 13.0 Å². The Balaban J connectivity index is 2.10. The fraction of sp³-hybridized carbons (Fsp3) is 0.125. The minimum atomic E-state index is -1.07. The average Bonchev–Trinajstić information content (AvgIpc) is 2.92. The summed E-state index contributed by atoms with van der Waals surface area (Å²) in [5.41, 5.74) is 0.995. The zero-order valence-electron chi connectivity index (χ0n) is 11.7. The highest BCUT2D eigenvalue weighted by Crippen LogP contribution is 2.31. The summed E-state index contributed by atoms with van der Waals surface area (Å²) in [4.78, 5) is 15.1. The van der Waals surface area contributed by atoms with Crippen molar-refractivity contribution in [3.8, 4) is 17.2 Å². The summed E-state index contributed by atoms with van der Waals surface area (Å²) in [6.07, 6.45) is 0. The largest absolute Gasteiger partial charge is 0.491 e. The van der Waals surface area contributed by atoms with Gasteiger partial charge in [0.15, 0.2) is 17.1 Å². The van der Waals surface area contributed by atoms with Crippen molar-refractivity contribution in [2.45, 2.75) is 6.92 Å². The molecule has 0 fully saturated rings. The smallest absolute Gasteiger partial charge is 0.335 e. The summed E-state index contributed by atoms with van der Waals surface area (Å²) in [6, 6.07) is 8.99. The predicted octanol–water partition coefficient (Wildman–Crippen LogP) is 3.73. The second-order valence-electron chi connectivity index (χ2n) is 4.56. The van der Waals surface area contributed by atoms with Crippen LogP contribution in [-0.2, 0) is 0 Å². The second kappa shape index (κ2) is 5.48. The maximum atomic E-state index is 14.4. The Morgan fingerprint density at radius 3 is 2.91 bits per heavy atom. The lowest BCUT2D eigenvalue weighted by molar-refractivity contribution is 0.0697. The van der Waals surface area contributed by atoms with Gasteiger partial charge < -0.3 is 14.3 Å². The summed E-state index contributed by atoms with van der Waals surface area (Å²) in [6.45, 7) is 2.11. The molecule has 0 amide bonds. The number of oxazole rings is 1. The van der Waals surface area contributed by atoms with Gasteiger partial charge in [0.25, 0.3) is 0 Å². The maximum absolute atomic E-state index is 14.4. The van der Waals surface area contributed by atoms with Gasteiger partial charge in [0.1, 0.15) is 5.52 Å². The normalized spacial score (nSPS) is 10.8. The SMILES string of the molecule is CCOc1cccc(-c2nc3ccc(C(=O)O)cc3o2)c1F. The standard InChI is InChI=1S/C16H12FNO4/c1-2-21-12-5-3-4-10(14(12)17)15-18-11-7-6-9(16(19)20)8-13(11)22-15/h3-8H,2H2,1H3,(H,19,20). The second-order valence-corrected chi connectivity index (χ2v) is 4.56. The van der Waals surface area contributed by atoms with Gasteiger partial charge in [-0.25, -0.2) is 14.2 Å². The third-order valence-electron chi connectivity index (χ3n) is 3.13. The van der Waals surface area contributed by atoms with Gasteiger partial charge in [0.2, 0.25) is 5.89 Å². The molecule has 0 aliphatic heterocycles. The molecule has 0 unspecified atom stereocenters. The third-order valence-corrected chi connectivity index (χ3v) is 3.13. The summed E-state index contributed by atoms with van der Waals surface area (Å²) in [5.74, 6) is -1.43. The molecule has 0 saturated heterocycles. The lowest BCUT2D eigenvalue weighted by Gasteiger charge is -2.06. The Hall–Kier alpha value is -2.89. The number of carbonyl (C=O) groups is 1. The summed E-state index contributed by atoms with van der Waals surface area (Å²) >= 11 is 0. The first-order valence-electron chi connectivity index (χ1n) is 6.65. The number of carboxylic acids is 1. The van der Waals surface area contributed by atoms with E-state index >= 15 is 0 Å². The van der Waals surface area contributed by atoms with Crippen molar-refractivity contribution in [2.24, 2.45) is 0 Å². The Bertz CT molecular complexity index is 856. The number of benzene rings is 2. The van der Waals surface area contributed by atoms with Crippen molar-refractivity contribution >= 4 is 17.1 Å². The van der Waals surface area contributed by atoms with Crippen LogP contribution in [0, 0.1) is 5.82 Å². The van der Waals surface area contributed by atoms with E-state index in [-0.39, 0.29) is 28.4 Å². The van der Waals surface area contributed by atoms with Crippen LogP contribution in [0.4, 0.5) is 4.39 Å². The van der Waals surface area contributed by atoms with Crippen molar-refractivity contribution in [1.29, 1.82) is 0 Å². The van der Waals surface area contributed by atoms with E-state index in [1.807, 2.05) is 0 Å². The number of hydrogen-bond donors (Lipinski definition) is 1. The van der Waals surface area contributed by atoms with Crippen LogP contribution in [-0.4, -0.2) is 22.7 Å². The molecule has 0 spiro atoms. The minimum Gasteiger partial charge on any atom is -0.491 e. The molecule has 5 nitrogen and oxygen atoms in total. The molecule has 0 aliphatic carbocycles. The van der Waals surface area contributed by atoms with Gasteiger partial charge in [-0.3, -0.25) is 0 Å². The van der Waals surface area contributed by atoms with E-state index in [2.05, 4.69) is 4.98 Å². The number of nitrogens with zero attached hydrogens (tertiary/aromatic N) is 1. The third kappa shape index (κ3) is 2.39. The minimum absolute atomic E-state index is 0.0802. The first kappa shape index (κ1) is 14.1. The van der Waals surface area contributed by atoms with Crippen LogP contribution in [0.5, 0.6) is 5.75 Å². The van der Waals surface area contributed by atoms with E-state index in [4.69, 9.17) is 14.3 Å². The first-order chi connectivity index (χ1) is 10.6. The Kier molecular flexibility index (Phi) is 3.50. The van der Waals surface area contributed by atoms with Crippen LogP contribution >= 0.6 is 0 Å². The van der Waals surface area contributed by atoms with Gasteiger partial charge in [-0.15, -0.1) is 0 Å². The van der Waals surface area contributed by atoms with Gasteiger partial charge >= 0.3 is 5.97 Å². The molecule has 1 heterocycles. The molecular formula is C16H12FNO4. The molecule has 3 rings (SSSR count). The highest BCUT2D eigenvalue weighted by Gasteiger charge is 2.17. The molecular weight excluding hydrogens is 289 g/mol. The Morgan fingerprint density at radius 2 is 2.18 bits per heavy atom. The fourth-order valence-corrected chi connectivity index (χ4v) is 2.12. The first-order valence-corrected chi connectivity index (χ1v) is 6.65. The molecule has 0 radical (unpaired) electrons. The Labute approximate surface area is 125 Å². The molecule has 0 bridgehead atoms. The average molecular weight is 301 g/mol. The van der Waals surface area contributed by atoms with Crippen molar-refractivity contribution in [2.75, 3.05) is 6.61 Å². The zero-order chi connectivity index (χ0) is 15.7. The molecule has 1 N–H and O–H groups in total. The molecule has 2 aromatic carbocycles. The number of halogens is 1. The predicted molar refractivity (Wildman–Crippen MR) is 77.5 cm³/mol. The van der Waals surface area contributed by atoms with Crippen molar-refractivity contribution in [3.05, 3.63) is 47.8 Å². The number of aromatic nitrogens is 1. The van der Waals surface area contributed by atoms with E-state index in [1.165, 1.54) is 30.3 Å². The molecule has 6 heteroatoms. The topological polar surface area (TPSA) is 72.6 Å². The van der Waals surface area contributed by atoms with Crippen LogP contribution in [0.25, 0.3) is 22.6 Å². The molecule has 0 saturated carbocycles. The number of carboxylic acid groups (broad SMARTS) is 1. The van der Waals surface area contributed by atoms with Crippen LogP contribution in [0.2, 0.25) is 0 Å². The van der Waals surface area contributed by atoms with Crippen molar-refractivity contribution in [1.82, 2.24) is 4.98 Å². The highest BCUT2D eigenvalue weighted by atomic mass is 19.1. The maximum Gasteiger partial charge on any atom is 0.335 e. The number of ether oxygens (including phenoxy) is 1. The zero-order valence-corrected chi connectivity index (χ0v) is 11.7. The van der Waals surface area contributed by atoms with E-state index in [0.717, 1.165) is 0 Å². The van der Waals surface area contributed by atoms with Gasteiger partial charge in [-0.1, -0.05) is 6.07 Å². The summed E-state index contributed by atoms with van der Waals surface area (Å²) < 4.78 is 25.1.